The normalized spacial score (nSPS) is 18.1. The van der Waals surface area contributed by atoms with Gasteiger partial charge in [0, 0.05) is 5.41 Å². The van der Waals surface area contributed by atoms with E-state index in [2.05, 4.69) is 45.0 Å². The second kappa shape index (κ2) is 5.19. The van der Waals surface area contributed by atoms with E-state index in [1.165, 1.54) is 11.1 Å². The van der Waals surface area contributed by atoms with E-state index in [9.17, 15) is 0 Å². The van der Waals surface area contributed by atoms with Crippen LogP contribution in [0.1, 0.15) is 37.8 Å². The van der Waals surface area contributed by atoms with Crippen molar-refractivity contribution in [2.45, 2.75) is 33.3 Å². The van der Waals surface area contributed by atoms with Crippen LogP contribution >= 0.6 is 0 Å². The minimum atomic E-state index is 0.246. The largest absolute Gasteiger partial charge is 0.380 e. The average molecular weight is 234 g/mol. The fourth-order valence-electron chi connectivity index (χ4n) is 1.99. The first-order valence-electron chi connectivity index (χ1n) is 6.33. The molecule has 2 rings (SSSR count). The number of rotatable bonds is 5. The molecule has 0 saturated carbocycles. The molecule has 1 aliphatic heterocycles. The molecule has 1 aromatic carbocycles. The molecular weight excluding hydrogens is 212 g/mol. The highest BCUT2D eigenvalue weighted by atomic mass is 16.5. The molecule has 0 spiro atoms. The van der Waals surface area contributed by atoms with Gasteiger partial charge in [-0.05, 0) is 17.0 Å². The standard InChI is InChI=1S/C15H22O2/c1-12(2)14-6-4-5-13(7-14)8-16-9-15(3)10-17-11-15/h4-7,12H,8-11H2,1-3H3. The highest BCUT2D eigenvalue weighted by molar-refractivity contribution is 5.25. The third kappa shape index (κ3) is 3.30. The molecule has 0 unspecified atom stereocenters. The van der Waals surface area contributed by atoms with Crippen molar-refractivity contribution < 1.29 is 9.47 Å². The quantitative estimate of drug-likeness (QED) is 0.777. The van der Waals surface area contributed by atoms with Crippen LogP contribution < -0.4 is 0 Å². The molecule has 1 fully saturated rings. The summed E-state index contributed by atoms with van der Waals surface area (Å²) in [5.74, 6) is 0.576. The van der Waals surface area contributed by atoms with Gasteiger partial charge in [0.1, 0.15) is 0 Å². The monoisotopic (exact) mass is 234 g/mol. The van der Waals surface area contributed by atoms with E-state index in [1.54, 1.807) is 0 Å². The van der Waals surface area contributed by atoms with Gasteiger partial charge in [0.2, 0.25) is 0 Å². The SMILES string of the molecule is CC(C)c1cccc(COCC2(C)COC2)c1. The van der Waals surface area contributed by atoms with Crippen LogP contribution in [0.15, 0.2) is 24.3 Å². The zero-order valence-electron chi connectivity index (χ0n) is 11.0. The zero-order valence-corrected chi connectivity index (χ0v) is 11.0. The minimum Gasteiger partial charge on any atom is -0.380 e. The van der Waals surface area contributed by atoms with E-state index in [4.69, 9.17) is 9.47 Å². The Hall–Kier alpha value is -0.860. The zero-order chi connectivity index (χ0) is 12.3. The third-order valence-corrected chi connectivity index (χ3v) is 3.24. The van der Waals surface area contributed by atoms with Crippen LogP contribution in [-0.2, 0) is 16.1 Å². The summed E-state index contributed by atoms with van der Waals surface area (Å²) in [6, 6.07) is 8.66. The summed E-state index contributed by atoms with van der Waals surface area (Å²) in [5, 5.41) is 0. The molecule has 0 amide bonds. The molecule has 1 aromatic rings. The smallest absolute Gasteiger partial charge is 0.0717 e. The van der Waals surface area contributed by atoms with Gasteiger partial charge in [0.25, 0.3) is 0 Å². The van der Waals surface area contributed by atoms with Crippen LogP contribution in [-0.4, -0.2) is 19.8 Å². The van der Waals surface area contributed by atoms with Crippen molar-refractivity contribution in [3.63, 3.8) is 0 Å². The van der Waals surface area contributed by atoms with Gasteiger partial charge in [-0.25, -0.2) is 0 Å². The Morgan fingerprint density at radius 2 is 2.12 bits per heavy atom. The molecule has 0 aliphatic carbocycles. The first-order chi connectivity index (χ1) is 8.09. The van der Waals surface area contributed by atoms with Gasteiger partial charge in [-0.1, -0.05) is 45.0 Å². The van der Waals surface area contributed by atoms with Crippen LogP contribution in [0.4, 0.5) is 0 Å². The van der Waals surface area contributed by atoms with Gasteiger partial charge in [-0.2, -0.15) is 0 Å². The number of ether oxygens (including phenoxy) is 2. The van der Waals surface area contributed by atoms with Gasteiger partial charge in [0.15, 0.2) is 0 Å². The highest BCUT2D eigenvalue weighted by Gasteiger charge is 2.33. The maximum atomic E-state index is 5.78. The van der Waals surface area contributed by atoms with E-state index in [-0.39, 0.29) is 5.41 Å². The van der Waals surface area contributed by atoms with Crippen LogP contribution in [0.5, 0.6) is 0 Å². The number of hydrogen-bond donors (Lipinski definition) is 0. The fraction of sp³-hybridized carbons (Fsp3) is 0.600. The van der Waals surface area contributed by atoms with E-state index >= 15 is 0 Å². The van der Waals surface area contributed by atoms with Crippen molar-refractivity contribution in [3.8, 4) is 0 Å². The Labute approximate surface area is 104 Å². The molecule has 1 heterocycles. The highest BCUT2D eigenvalue weighted by Crippen LogP contribution is 2.27. The molecule has 0 atom stereocenters. The van der Waals surface area contributed by atoms with Crippen molar-refractivity contribution in [2.24, 2.45) is 5.41 Å². The van der Waals surface area contributed by atoms with E-state index in [0.29, 0.717) is 12.5 Å². The Bertz CT molecular complexity index is 367. The molecule has 94 valence electrons. The molecule has 1 saturated heterocycles. The Kier molecular flexibility index (Phi) is 3.85. The first-order valence-corrected chi connectivity index (χ1v) is 6.33. The molecule has 2 nitrogen and oxygen atoms in total. The first kappa shape index (κ1) is 12.6. The topological polar surface area (TPSA) is 18.5 Å². The van der Waals surface area contributed by atoms with Crippen LogP contribution in [0.3, 0.4) is 0 Å². The summed E-state index contributed by atoms with van der Waals surface area (Å²) in [7, 11) is 0. The summed E-state index contributed by atoms with van der Waals surface area (Å²) < 4.78 is 11.0. The Morgan fingerprint density at radius 1 is 1.35 bits per heavy atom. The van der Waals surface area contributed by atoms with Crippen LogP contribution in [0.2, 0.25) is 0 Å². The van der Waals surface area contributed by atoms with Gasteiger partial charge in [-0.3, -0.25) is 0 Å². The molecule has 0 radical (unpaired) electrons. The maximum Gasteiger partial charge on any atom is 0.0717 e. The van der Waals surface area contributed by atoms with Crippen molar-refractivity contribution in [2.75, 3.05) is 19.8 Å². The molecule has 0 aromatic heterocycles. The number of benzene rings is 1. The lowest BCUT2D eigenvalue weighted by Crippen LogP contribution is -2.43. The Morgan fingerprint density at radius 3 is 2.71 bits per heavy atom. The van der Waals surface area contributed by atoms with Crippen molar-refractivity contribution in [3.05, 3.63) is 35.4 Å². The second-order valence-electron chi connectivity index (χ2n) is 5.70. The van der Waals surface area contributed by atoms with Crippen molar-refractivity contribution >= 4 is 0 Å². The molecule has 1 aliphatic rings. The second-order valence-corrected chi connectivity index (χ2v) is 5.70. The van der Waals surface area contributed by atoms with Gasteiger partial charge < -0.3 is 9.47 Å². The Balaban J connectivity index is 1.84. The summed E-state index contributed by atoms with van der Waals surface area (Å²) in [4.78, 5) is 0. The maximum absolute atomic E-state index is 5.78. The van der Waals surface area contributed by atoms with Crippen LogP contribution in [0.25, 0.3) is 0 Å². The predicted octanol–water partition coefficient (Wildman–Crippen LogP) is 3.36. The molecule has 0 bridgehead atoms. The molecule has 17 heavy (non-hydrogen) atoms. The lowest BCUT2D eigenvalue weighted by molar-refractivity contribution is -0.140. The van der Waals surface area contributed by atoms with Gasteiger partial charge in [-0.15, -0.1) is 0 Å². The lowest BCUT2D eigenvalue weighted by Gasteiger charge is -2.37. The van der Waals surface area contributed by atoms with Crippen LogP contribution in [0, 0.1) is 5.41 Å². The summed E-state index contributed by atoms with van der Waals surface area (Å²) >= 11 is 0. The third-order valence-electron chi connectivity index (χ3n) is 3.24. The minimum absolute atomic E-state index is 0.246. The summed E-state index contributed by atoms with van der Waals surface area (Å²) in [6.07, 6.45) is 0. The predicted molar refractivity (Wildman–Crippen MR) is 69.1 cm³/mol. The molecule has 0 N–H and O–H groups in total. The van der Waals surface area contributed by atoms with Gasteiger partial charge in [0.05, 0.1) is 26.4 Å². The van der Waals surface area contributed by atoms with Crippen molar-refractivity contribution in [1.82, 2.24) is 0 Å². The summed E-state index contributed by atoms with van der Waals surface area (Å²) in [6.45, 7) is 9.80. The molecule has 2 heteroatoms. The van der Waals surface area contributed by atoms with E-state index in [1.807, 2.05) is 0 Å². The summed E-state index contributed by atoms with van der Waals surface area (Å²) in [5.41, 5.74) is 2.89. The van der Waals surface area contributed by atoms with E-state index < -0.39 is 0 Å². The average Bonchev–Trinajstić information content (AvgIpc) is 2.27. The van der Waals surface area contributed by atoms with Gasteiger partial charge >= 0.3 is 0 Å². The van der Waals surface area contributed by atoms with Crippen molar-refractivity contribution in [1.29, 1.82) is 0 Å². The lowest BCUT2D eigenvalue weighted by atomic mass is 9.90. The molecular formula is C15H22O2. The van der Waals surface area contributed by atoms with E-state index in [0.717, 1.165) is 19.8 Å². The number of hydrogen-bond acceptors (Lipinski definition) is 2. The fourth-order valence-corrected chi connectivity index (χ4v) is 1.99.